The van der Waals surface area contributed by atoms with E-state index >= 15 is 0 Å². The summed E-state index contributed by atoms with van der Waals surface area (Å²) in [7, 11) is 1.81. The number of amides is 1. The van der Waals surface area contributed by atoms with Crippen molar-refractivity contribution >= 4 is 5.91 Å². The van der Waals surface area contributed by atoms with Crippen molar-refractivity contribution in [3.8, 4) is 0 Å². The summed E-state index contributed by atoms with van der Waals surface area (Å²) in [5.74, 6) is 0.00894. The minimum absolute atomic E-state index is 0.0552. The number of hydrogen-bond donors (Lipinski definition) is 1. The van der Waals surface area contributed by atoms with Crippen LogP contribution in [0.1, 0.15) is 29.6 Å². The van der Waals surface area contributed by atoms with E-state index in [0.29, 0.717) is 18.0 Å². The fourth-order valence-corrected chi connectivity index (χ4v) is 2.75. The molecule has 0 aromatic heterocycles. The largest absolute Gasteiger partial charge is 0.338 e. The Bertz CT molecular complexity index is 418. The number of carbonyl (C=O) groups excluding carboxylic acids is 1. The van der Waals surface area contributed by atoms with Crippen molar-refractivity contribution in [3.63, 3.8) is 0 Å². The van der Waals surface area contributed by atoms with E-state index in [4.69, 9.17) is 5.73 Å². The van der Waals surface area contributed by atoms with Gasteiger partial charge in [0.2, 0.25) is 0 Å². The predicted octanol–water partition coefficient (Wildman–Crippen LogP) is 2.03. The molecule has 1 amide bonds. The summed E-state index contributed by atoms with van der Waals surface area (Å²) in [5, 5.41) is 0. The van der Waals surface area contributed by atoms with Gasteiger partial charge in [-0.25, -0.2) is 4.39 Å². The molecule has 0 aliphatic heterocycles. The zero-order valence-electron chi connectivity index (χ0n) is 10.6. The maximum Gasteiger partial charge on any atom is 0.253 e. The molecule has 2 N–H and O–H groups in total. The van der Waals surface area contributed by atoms with Crippen LogP contribution in [0.4, 0.5) is 4.39 Å². The van der Waals surface area contributed by atoms with E-state index in [1.807, 2.05) is 7.05 Å². The Morgan fingerprint density at radius 1 is 1.39 bits per heavy atom. The van der Waals surface area contributed by atoms with E-state index in [1.54, 1.807) is 4.90 Å². The molecule has 1 aliphatic rings. The number of hydrogen-bond acceptors (Lipinski definition) is 2. The lowest BCUT2D eigenvalue weighted by atomic mass is 10.0. The van der Waals surface area contributed by atoms with Gasteiger partial charge < -0.3 is 10.6 Å². The number of benzene rings is 1. The summed E-state index contributed by atoms with van der Waals surface area (Å²) < 4.78 is 12.8. The lowest BCUT2D eigenvalue weighted by Gasteiger charge is -2.29. The molecule has 0 spiro atoms. The summed E-state index contributed by atoms with van der Waals surface area (Å²) in [5.41, 5.74) is 6.26. The molecule has 1 aliphatic carbocycles. The SMILES string of the molecule is CN(C(=O)c1ccc(F)cc1)C1CCCC1CN. The molecule has 1 fully saturated rings. The van der Waals surface area contributed by atoms with E-state index in [0.717, 1.165) is 19.3 Å². The van der Waals surface area contributed by atoms with E-state index in [9.17, 15) is 9.18 Å². The van der Waals surface area contributed by atoms with Crippen LogP contribution in [-0.4, -0.2) is 30.4 Å². The standard InChI is InChI=1S/C14H19FN2O/c1-17(13-4-2-3-11(13)9-16)14(18)10-5-7-12(15)8-6-10/h5-8,11,13H,2-4,9,16H2,1H3. The molecule has 0 bridgehead atoms. The van der Waals surface area contributed by atoms with Gasteiger partial charge in [0, 0.05) is 18.7 Å². The molecule has 1 saturated carbocycles. The molecule has 98 valence electrons. The highest BCUT2D eigenvalue weighted by molar-refractivity contribution is 5.94. The van der Waals surface area contributed by atoms with E-state index < -0.39 is 0 Å². The maximum absolute atomic E-state index is 12.8. The minimum atomic E-state index is -0.324. The zero-order chi connectivity index (χ0) is 13.1. The van der Waals surface area contributed by atoms with Crippen LogP contribution in [0.15, 0.2) is 24.3 Å². The van der Waals surface area contributed by atoms with Crippen LogP contribution in [0.25, 0.3) is 0 Å². The monoisotopic (exact) mass is 250 g/mol. The Balaban J connectivity index is 2.11. The first-order chi connectivity index (χ1) is 8.63. The number of nitrogens with two attached hydrogens (primary N) is 1. The zero-order valence-corrected chi connectivity index (χ0v) is 10.6. The molecular weight excluding hydrogens is 231 g/mol. The highest BCUT2D eigenvalue weighted by atomic mass is 19.1. The van der Waals surface area contributed by atoms with Crippen molar-refractivity contribution in [1.29, 1.82) is 0 Å². The van der Waals surface area contributed by atoms with Crippen LogP contribution in [0.5, 0.6) is 0 Å². The molecule has 2 unspecified atom stereocenters. The third-order valence-corrected chi connectivity index (χ3v) is 3.83. The average Bonchev–Trinajstić information content (AvgIpc) is 2.86. The second-order valence-electron chi connectivity index (χ2n) is 4.92. The molecule has 1 aromatic rings. The van der Waals surface area contributed by atoms with Crippen LogP contribution in [0.3, 0.4) is 0 Å². The van der Waals surface area contributed by atoms with Crippen molar-refractivity contribution in [2.45, 2.75) is 25.3 Å². The number of nitrogens with zero attached hydrogens (tertiary/aromatic N) is 1. The Morgan fingerprint density at radius 3 is 2.67 bits per heavy atom. The lowest BCUT2D eigenvalue weighted by Crippen LogP contribution is -2.41. The van der Waals surface area contributed by atoms with Gasteiger partial charge in [0.05, 0.1) is 0 Å². The Morgan fingerprint density at radius 2 is 2.06 bits per heavy atom. The van der Waals surface area contributed by atoms with Crippen LogP contribution in [-0.2, 0) is 0 Å². The Kier molecular flexibility index (Phi) is 3.97. The highest BCUT2D eigenvalue weighted by Gasteiger charge is 2.31. The first-order valence-electron chi connectivity index (χ1n) is 6.36. The molecular formula is C14H19FN2O. The van der Waals surface area contributed by atoms with Crippen LogP contribution in [0.2, 0.25) is 0 Å². The third kappa shape index (κ3) is 2.53. The fourth-order valence-electron chi connectivity index (χ4n) is 2.75. The summed E-state index contributed by atoms with van der Waals surface area (Å²) in [6.45, 7) is 0.617. The van der Waals surface area contributed by atoms with Crippen LogP contribution >= 0.6 is 0 Å². The summed E-state index contributed by atoms with van der Waals surface area (Å²) >= 11 is 0. The predicted molar refractivity (Wildman–Crippen MR) is 68.7 cm³/mol. The van der Waals surface area contributed by atoms with Gasteiger partial charge in [-0.1, -0.05) is 6.42 Å². The molecule has 0 heterocycles. The maximum atomic E-state index is 12.8. The number of rotatable bonds is 3. The van der Waals surface area contributed by atoms with Gasteiger partial charge in [-0.2, -0.15) is 0 Å². The molecule has 1 aromatic carbocycles. The molecule has 4 heteroatoms. The van der Waals surface area contributed by atoms with Gasteiger partial charge in [-0.3, -0.25) is 4.79 Å². The van der Waals surface area contributed by atoms with Crippen molar-refractivity contribution in [3.05, 3.63) is 35.6 Å². The molecule has 18 heavy (non-hydrogen) atoms. The van der Waals surface area contributed by atoms with Crippen molar-refractivity contribution in [2.24, 2.45) is 11.7 Å². The molecule has 0 radical (unpaired) electrons. The number of halogens is 1. The van der Waals surface area contributed by atoms with Gasteiger partial charge in [0.1, 0.15) is 5.82 Å². The average molecular weight is 250 g/mol. The molecule has 3 nitrogen and oxygen atoms in total. The topological polar surface area (TPSA) is 46.3 Å². The van der Waals surface area contributed by atoms with Gasteiger partial charge in [-0.05, 0) is 49.6 Å². The normalized spacial score (nSPS) is 23.1. The second kappa shape index (κ2) is 5.48. The van der Waals surface area contributed by atoms with Crippen molar-refractivity contribution < 1.29 is 9.18 Å². The smallest absolute Gasteiger partial charge is 0.253 e. The Hall–Kier alpha value is -1.42. The minimum Gasteiger partial charge on any atom is -0.338 e. The van der Waals surface area contributed by atoms with Crippen LogP contribution in [0, 0.1) is 11.7 Å². The van der Waals surface area contributed by atoms with Gasteiger partial charge >= 0.3 is 0 Å². The number of carbonyl (C=O) groups is 1. The van der Waals surface area contributed by atoms with E-state index in [-0.39, 0.29) is 17.8 Å². The van der Waals surface area contributed by atoms with Gasteiger partial charge in [-0.15, -0.1) is 0 Å². The molecule has 2 rings (SSSR count). The summed E-state index contributed by atoms with van der Waals surface area (Å²) in [6, 6.07) is 5.90. The summed E-state index contributed by atoms with van der Waals surface area (Å²) in [4.78, 5) is 14.0. The molecule has 0 saturated heterocycles. The first-order valence-corrected chi connectivity index (χ1v) is 6.36. The fraction of sp³-hybridized carbons (Fsp3) is 0.500. The van der Waals surface area contributed by atoms with Crippen molar-refractivity contribution in [2.75, 3.05) is 13.6 Å². The van der Waals surface area contributed by atoms with Gasteiger partial charge in [0.25, 0.3) is 5.91 Å². The second-order valence-corrected chi connectivity index (χ2v) is 4.92. The van der Waals surface area contributed by atoms with Crippen molar-refractivity contribution in [1.82, 2.24) is 4.90 Å². The van der Waals surface area contributed by atoms with E-state index in [1.165, 1.54) is 24.3 Å². The summed E-state index contributed by atoms with van der Waals surface area (Å²) in [6.07, 6.45) is 3.21. The Labute approximate surface area is 107 Å². The lowest BCUT2D eigenvalue weighted by molar-refractivity contribution is 0.0700. The van der Waals surface area contributed by atoms with Gasteiger partial charge in [0.15, 0.2) is 0 Å². The van der Waals surface area contributed by atoms with Crippen LogP contribution < -0.4 is 5.73 Å². The quantitative estimate of drug-likeness (QED) is 0.892. The first kappa shape index (κ1) is 13.0. The van der Waals surface area contributed by atoms with E-state index in [2.05, 4.69) is 0 Å². The molecule has 2 atom stereocenters. The highest BCUT2D eigenvalue weighted by Crippen LogP contribution is 2.29. The third-order valence-electron chi connectivity index (χ3n) is 3.83.